The van der Waals surface area contributed by atoms with Crippen molar-refractivity contribution in [3.05, 3.63) is 65.4 Å². The molecule has 5 heteroatoms. The topological polar surface area (TPSA) is 54.9 Å². The van der Waals surface area contributed by atoms with Gasteiger partial charge in [0.2, 0.25) is 5.91 Å². The van der Waals surface area contributed by atoms with Crippen LogP contribution in [0.5, 0.6) is 0 Å². The Morgan fingerprint density at radius 2 is 2.14 bits per heavy atom. The van der Waals surface area contributed by atoms with Gasteiger partial charge in [-0.3, -0.25) is 9.78 Å². The normalized spacial score (nSPS) is 12.6. The summed E-state index contributed by atoms with van der Waals surface area (Å²) < 4.78 is 1.12. The average molecular weight is 309 g/mol. The van der Waals surface area contributed by atoms with Crippen LogP contribution in [0.1, 0.15) is 23.5 Å². The van der Waals surface area contributed by atoms with E-state index < -0.39 is 0 Å². The van der Waals surface area contributed by atoms with E-state index in [-0.39, 0.29) is 11.9 Å². The Hall–Kier alpha value is -2.53. The van der Waals surface area contributed by atoms with Crippen LogP contribution < -0.4 is 5.32 Å². The van der Waals surface area contributed by atoms with Crippen molar-refractivity contribution in [1.82, 2.24) is 15.3 Å². The number of amides is 1. The number of para-hydroxylation sites is 1. The molecule has 0 aliphatic carbocycles. The molecule has 0 saturated carbocycles. The van der Waals surface area contributed by atoms with Crippen LogP contribution in [0.3, 0.4) is 0 Å². The predicted octanol–water partition coefficient (Wildman–Crippen LogP) is 3.58. The van der Waals surface area contributed by atoms with Crippen LogP contribution in [0.4, 0.5) is 0 Å². The first-order valence-electron chi connectivity index (χ1n) is 6.96. The van der Waals surface area contributed by atoms with Gasteiger partial charge >= 0.3 is 0 Å². The van der Waals surface area contributed by atoms with Gasteiger partial charge in [-0.2, -0.15) is 0 Å². The summed E-state index contributed by atoms with van der Waals surface area (Å²) in [5.74, 6) is -0.143. The van der Waals surface area contributed by atoms with E-state index in [1.807, 2.05) is 43.3 Å². The van der Waals surface area contributed by atoms with Gasteiger partial charge in [0.1, 0.15) is 5.01 Å². The molecule has 0 aliphatic rings. The fourth-order valence-electron chi connectivity index (χ4n) is 2.09. The standard InChI is InChI=1S/C17H15N3OS/c1-12(13-5-4-10-18-11-13)19-16(21)8-9-17-20-14-6-2-3-7-15(14)22-17/h2-12H,1H3,(H,19,21)/b9-8+. The van der Waals surface area contributed by atoms with Gasteiger partial charge in [0, 0.05) is 18.5 Å². The molecule has 0 aliphatic heterocycles. The zero-order valence-corrected chi connectivity index (χ0v) is 12.9. The number of thiazole rings is 1. The SMILES string of the molecule is CC(NC(=O)/C=C/c1nc2ccccc2s1)c1cccnc1. The monoisotopic (exact) mass is 309 g/mol. The molecule has 2 aromatic heterocycles. The van der Waals surface area contributed by atoms with Crippen molar-refractivity contribution in [2.45, 2.75) is 13.0 Å². The molecule has 2 heterocycles. The summed E-state index contributed by atoms with van der Waals surface area (Å²) in [7, 11) is 0. The van der Waals surface area contributed by atoms with Gasteiger partial charge in [0.15, 0.2) is 0 Å². The maximum Gasteiger partial charge on any atom is 0.244 e. The molecule has 0 radical (unpaired) electrons. The molecular weight excluding hydrogens is 294 g/mol. The summed E-state index contributed by atoms with van der Waals surface area (Å²) in [5.41, 5.74) is 1.93. The Bertz CT molecular complexity index is 778. The van der Waals surface area contributed by atoms with Crippen molar-refractivity contribution in [2.75, 3.05) is 0 Å². The van der Waals surface area contributed by atoms with Crippen molar-refractivity contribution < 1.29 is 4.79 Å². The number of fused-ring (bicyclic) bond motifs is 1. The van der Waals surface area contributed by atoms with Gasteiger partial charge in [-0.1, -0.05) is 18.2 Å². The zero-order valence-electron chi connectivity index (χ0n) is 12.1. The molecule has 3 aromatic rings. The lowest BCUT2D eigenvalue weighted by Gasteiger charge is -2.11. The lowest BCUT2D eigenvalue weighted by molar-refractivity contribution is -0.117. The van der Waals surface area contributed by atoms with Crippen molar-refractivity contribution >= 4 is 33.5 Å². The van der Waals surface area contributed by atoms with Crippen molar-refractivity contribution in [2.24, 2.45) is 0 Å². The minimum absolute atomic E-state index is 0.0822. The van der Waals surface area contributed by atoms with E-state index in [1.165, 1.54) is 6.08 Å². The van der Waals surface area contributed by atoms with Gasteiger partial charge in [-0.05, 0) is 36.8 Å². The summed E-state index contributed by atoms with van der Waals surface area (Å²) in [6.07, 6.45) is 6.73. The van der Waals surface area contributed by atoms with Crippen LogP contribution >= 0.6 is 11.3 Å². The summed E-state index contributed by atoms with van der Waals surface area (Å²) in [4.78, 5) is 20.5. The predicted molar refractivity (Wildman–Crippen MR) is 89.4 cm³/mol. The molecule has 4 nitrogen and oxygen atoms in total. The van der Waals surface area contributed by atoms with E-state index in [1.54, 1.807) is 29.8 Å². The van der Waals surface area contributed by atoms with Crippen LogP contribution in [0.15, 0.2) is 54.9 Å². The van der Waals surface area contributed by atoms with E-state index in [4.69, 9.17) is 0 Å². The maximum atomic E-state index is 12.0. The Morgan fingerprint density at radius 3 is 2.91 bits per heavy atom. The average Bonchev–Trinajstić information content (AvgIpc) is 2.96. The highest BCUT2D eigenvalue weighted by Crippen LogP contribution is 2.22. The first-order chi connectivity index (χ1) is 10.7. The van der Waals surface area contributed by atoms with E-state index >= 15 is 0 Å². The minimum Gasteiger partial charge on any atom is -0.346 e. The fraction of sp³-hybridized carbons (Fsp3) is 0.118. The van der Waals surface area contributed by atoms with Crippen LogP contribution in [-0.2, 0) is 4.79 Å². The number of rotatable bonds is 4. The molecule has 0 spiro atoms. The fourth-order valence-corrected chi connectivity index (χ4v) is 2.96. The van der Waals surface area contributed by atoms with Crippen LogP contribution in [0.2, 0.25) is 0 Å². The molecule has 0 saturated heterocycles. The Labute approximate surface area is 132 Å². The molecule has 1 atom stereocenters. The number of hydrogen-bond donors (Lipinski definition) is 1. The molecule has 1 amide bonds. The maximum absolute atomic E-state index is 12.0. The third-order valence-corrected chi connectivity index (χ3v) is 4.23. The number of nitrogens with zero attached hydrogens (tertiary/aromatic N) is 2. The molecule has 0 bridgehead atoms. The van der Waals surface area contributed by atoms with Crippen LogP contribution in [0, 0.1) is 0 Å². The number of benzene rings is 1. The molecule has 1 unspecified atom stereocenters. The summed E-state index contributed by atoms with van der Waals surface area (Å²) in [6, 6.07) is 11.6. The highest BCUT2D eigenvalue weighted by Gasteiger charge is 2.07. The van der Waals surface area contributed by atoms with Gasteiger partial charge in [0.25, 0.3) is 0 Å². The van der Waals surface area contributed by atoms with Gasteiger partial charge in [0.05, 0.1) is 16.3 Å². The second-order valence-corrected chi connectivity index (χ2v) is 5.93. The summed E-state index contributed by atoms with van der Waals surface area (Å²) >= 11 is 1.57. The second-order valence-electron chi connectivity index (χ2n) is 4.87. The first kappa shape index (κ1) is 14.4. The number of nitrogens with one attached hydrogen (secondary N) is 1. The smallest absolute Gasteiger partial charge is 0.244 e. The third kappa shape index (κ3) is 3.38. The second kappa shape index (κ2) is 6.49. The largest absolute Gasteiger partial charge is 0.346 e. The van der Waals surface area contributed by atoms with E-state index in [9.17, 15) is 4.79 Å². The summed E-state index contributed by atoms with van der Waals surface area (Å²) in [6.45, 7) is 1.93. The molecule has 0 fully saturated rings. The van der Waals surface area contributed by atoms with Crippen molar-refractivity contribution in [3.8, 4) is 0 Å². The van der Waals surface area contributed by atoms with Gasteiger partial charge in [-0.25, -0.2) is 4.98 Å². The minimum atomic E-state index is -0.143. The highest BCUT2D eigenvalue weighted by molar-refractivity contribution is 7.19. The number of carbonyl (C=O) groups is 1. The Balaban J connectivity index is 1.66. The third-order valence-electron chi connectivity index (χ3n) is 3.23. The van der Waals surface area contributed by atoms with Gasteiger partial charge in [-0.15, -0.1) is 11.3 Å². The zero-order chi connectivity index (χ0) is 15.4. The number of hydrogen-bond acceptors (Lipinski definition) is 4. The van der Waals surface area contributed by atoms with Gasteiger partial charge < -0.3 is 5.32 Å². The quantitative estimate of drug-likeness (QED) is 0.749. The van der Waals surface area contributed by atoms with Crippen LogP contribution in [-0.4, -0.2) is 15.9 Å². The molecule has 3 rings (SSSR count). The summed E-state index contributed by atoms with van der Waals surface area (Å²) in [5, 5.41) is 3.74. The van der Waals surface area contributed by atoms with E-state index in [2.05, 4.69) is 15.3 Å². The van der Waals surface area contributed by atoms with Crippen molar-refractivity contribution in [3.63, 3.8) is 0 Å². The van der Waals surface area contributed by atoms with E-state index in [0.29, 0.717) is 0 Å². The molecule has 1 aromatic carbocycles. The number of aromatic nitrogens is 2. The first-order valence-corrected chi connectivity index (χ1v) is 7.78. The Kier molecular flexibility index (Phi) is 4.25. The van der Waals surface area contributed by atoms with E-state index in [0.717, 1.165) is 20.8 Å². The lowest BCUT2D eigenvalue weighted by Crippen LogP contribution is -2.24. The number of pyridine rings is 1. The molecular formula is C17H15N3OS. The molecule has 110 valence electrons. The van der Waals surface area contributed by atoms with Crippen LogP contribution in [0.25, 0.3) is 16.3 Å². The van der Waals surface area contributed by atoms with Crippen molar-refractivity contribution in [1.29, 1.82) is 0 Å². The molecule has 22 heavy (non-hydrogen) atoms. The highest BCUT2D eigenvalue weighted by atomic mass is 32.1. The lowest BCUT2D eigenvalue weighted by atomic mass is 10.1. The molecule has 1 N–H and O–H groups in total. The number of carbonyl (C=O) groups excluding carboxylic acids is 1. The Morgan fingerprint density at radius 1 is 1.27 bits per heavy atom.